The van der Waals surface area contributed by atoms with Gasteiger partial charge in [0, 0.05) is 5.88 Å². The van der Waals surface area contributed by atoms with Crippen molar-refractivity contribution in [3.8, 4) is 5.75 Å². The van der Waals surface area contributed by atoms with E-state index in [2.05, 4.69) is 4.74 Å². The highest BCUT2D eigenvalue weighted by Gasteiger charge is 2.12. The third-order valence-electron chi connectivity index (χ3n) is 2.07. The molecule has 1 rings (SSSR count). The number of benzene rings is 1. The van der Waals surface area contributed by atoms with Gasteiger partial charge in [0.1, 0.15) is 5.75 Å². The lowest BCUT2D eigenvalue weighted by atomic mass is 10.0. The number of aryl methyl sites for hydroxylation is 1. The molecule has 1 aromatic carbocycles. The molecule has 0 atom stereocenters. The van der Waals surface area contributed by atoms with Crippen LogP contribution in [0.3, 0.4) is 0 Å². The molecule has 0 N–H and O–H groups in total. The standard InChI is InChI=1S/C11H11ClF2O2/c12-6-2-4-8-3-1-5-10(9(8)7-15)16-11(13)14/h1,3,5,7,11H,2,4,6H2. The van der Waals surface area contributed by atoms with Crippen LogP contribution in [0, 0.1) is 0 Å². The van der Waals surface area contributed by atoms with E-state index in [1.807, 2.05) is 0 Å². The van der Waals surface area contributed by atoms with E-state index in [0.717, 1.165) is 0 Å². The number of halogens is 3. The van der Waals surface area contributed by atoms with Gasteiger partial charge in [0.25, 0.3) is 0 Å². The van der Waals surface area contributed by atoms with E-state index in [4.69, 9.17) is 11.6 Å². The third kappa shape index (κ3) is 3.45. The van der Waals surface area contributed by atoms with Crippen molar-refractivity contribution in [2.24, 2.45) is 0 Å². The predicted octanol–water partition coefficient (Wildman–Crippen LogP) is 3.27. The predicted molar refractivity (Wildman–Crippen MR) is 57.5 cm³/mol. The minimum absolute atomic E-state index is 0.0860. The lowest BCUT2D eigenvalue weighted by Gasteiger charge is -2.10. The summed E-state index contributed by atoms with van der Waals surface area (Å²) >= 11 is 5.53. The summed E-state index contributed by atoms with van der Waals surface area (Å²) in [5.41, 5.74) is 0.849. The van der Waals surface area contributed by atoms with Crippen LogP contribution in [0.5, 0.6) is 5.75 Å². The molecular weight excluding hydrogens is 238 g/mol. The number of carbonyl (C=O) groups is 1. The van der Waals surface area contributed by atoms with Crippen molar-refractivity contribution in [2.45, 2.75) is 19.5 Å². The van der Waals surface area contributed by atoms with Gasteiger partial charge in [0.05, 0.1) is 5.56 Å². The van der Waals surface area contributed by atoms with Crippen LogP contribution in [0.1, 0.15) is 22.3 Å². The molecule has 0 fully saturated rings. The fourth-order valence-corrected chi connectivity index (χ4v) is 1.53. The lowest BCUT2D eigenvalue weighted by molar-refractivity contribution is -0.0501. The molecule has 0 spiro atoms. The summed E-state index contributed by atoms with van der Waals surface area (Å²) in [6.07, 6.45) is 1.78. The quantitative estimate of drug-likeness (QED) is 0.571. The number of ether oxygens (including phenoxy) is 1. The molecule has 0 saturated heterocycles. The molecule has 0 aliphatic carbocycles. The van der Waals surface area contributed by atoms with Crippen LogP contribution in [-0.4, -0.2) is 18.8 Å². The molecule has 0 aliphatic heterocycles. The zero-order valence-electron chi connectivity index (χ0n) is 8.46. The van der Waals surface area contributed by atoms with Gasteiger partial charge in [-0.25, -0.2) is 0 Å². The van der Waals surface area contributed by atoms with Crippen molar-refractivity contribution < 1.29 is 18.3 Å². The number of aldehydes is 1. The molecule has 0 saturated carbocycles. The normalized spacial score (nSPS) is 10.5. The Morgan fingerprint density at radius 1 is 1.44 bits per heavy atom. The van der Waals surface area contributed by atoms with Crippen molar-refractivity contribution >= 4 is 17.9 Å². The highest BCUT2D eigenvalue weighted by molar-refractivity contribution is 6.17. The summed E-state index contributed by atoms with van der Waals surface area (Å²) in [7, 11) is 0. The molecule has 0 amide bonds. The van der Waals surface area contributed by atoms with Crippen LogP contribution in [-0.2, 0) is 6.42 Å². The molecule has 0 heterocycles. The second-order valence-corrected chi connectivity index (χ2v) is 3.50. The second kappa shape index (κ2) is 6.43. The molecule has 16 heavy (non-hydrogen) atoms. The summed E-state index contributed by atoms with van der Waals surface area (Å²) < 4.78 is 28.4. The Bertz CT molecular complexity index is 356. The van der Waals surface area contributed by atoms with Gasteiger partial charge < -0.3 is 4.74 Å². The van der Waals surface area contributed by atoms with E-state index in [1.165, 1.54) is 6.07 Å². The van der Waals surface area contributed by atoms with Gasteiger partial charge in [-0.3, -0.25) is 4.79 Å². The summed E-state index contributed by atoms with van der Waals surface area (Å²) in [5, 5.41) is 0. The molecule has 0 unspecified atom stereocenters. The Morgan fingerprint density at radius 3 is 2.75 bits per heavy atom. The topological polar surface area (TPSA) is 26.3 Å². The molecule has 88 valence electrons. The highest BCUT2D eigenvalue weighted by atomic mass is 35.5. The average molecular weight is 249 g/mol. The van der Waals surface area contributed by atoms with Gasteiger partial charge in [0.2, 0.25) is 0 Å². The maximum absolute atomic E-state index is 12.1. The maximum atomic E-state index is 12.1. The first kappa shape index (κ1) is 12.9. The zero-order chi connectivity index (χ0) is 12.0. The van der Waals surface area contributed by atoms with Crippen molar-refractivity contribution in [3.05, 3.63) is 29.3 Å². The van der Waals surface area contributed by atoms with Gasteiger partial charge in [-0.1, -0.05) is 12.1 Å². The van der Waals surface area contributed by atoms with Crippen molar-refractivity contribution in [1.82, 2.24) is 0 Å². The monoisotopic (exact) mass is 248 g/mol. The Labute approximate surface area is 97.2 Å². The lowest BCUT2D eigenvalue weighted by Crippen LogP contribution is -2.06. The van der Waals surface area contributed by atoms with Gasteiger partial charge in [-0.2, -0.15) is 8.78 Å². The zero-order valence-corrected chi connectivity index (χ0v) is 9.21. The summed E-state index contributed by atoms with van der Waals surface area (Å²) in [5.74, 6) is 0.371. The van der Waals surface area contributed by atoms with E-state index in [0.29, 0.717) is 30.6 Å². The summed E-state index contributed by atoms with van der Waals surface area (Å²) in [6, 6.07) is 4.63. The second-order valence-electron chi connectivity index (χ2n) is 3.12. The fourth-order valence-electron chi connectivity index (χ4n) is 1.40. The maximum Gasteiger partial charge on any atom is 0.387 e. The van der Waals surface area contributed by atoms with E-state index in [-0.39, 0.29) is 11.3 Å². The first-order chi connectivity index (χ1) is 7.69. The first-order valence-corrected chi connectivity index (χ1v) is 5.30. The largest absolute Gasteiger partial charge is 0.434 e. The average Bonchev–Trinajstić information content (AvgIpc) is 2.25. The summed E-state index contributed by atoms with van der Waals surface area (Å²) in [6.45, 7) is -2.93. The highest BCUT2D eigenvalue weighted by Crippen LogP contribution is 2.23. The van der Waals surface area contributed by atoms with Crippen molar-refractivity contribution in [1.29, 1.82) is 0 Å². The molecule has 0 radical (unpaired) electrons. The van der Waals surface area contributed by atoms with Crippen LogP contribution in [0.4, 0.5) is 8.78 Å². The van der Waals surface area contributed by atoms with Crippen molar-refractivity contribution in [2.75, 3.05) is 5.88 Å². The minimum Gasteiger partial charge on any atom is -0.434 e. The van der Waals surface area contributed by atoms with E-state index >= 15 is 0 Å². The Morgan fingerprint density at radius 2 is 2.19 bits per heavy atom. The number of alkyl halides is 3. The van der Waals surface area contributed by atoms with E-state index < -0.39 is 6.61 Å². The van der Waals surface area contributed by atoms with Crippen LogP contribution in [0.15, 0.2) is 18.2 Å². The third-order valence-corrected chi connectivity index (χ3v) is 2.34. The van der Waals surface area contributed by atoms with Crippen LogP contribution >= 0.6 is 11.6 Å². The Kier molecular flexibility index (Phi) is 5.19. The first-order valence-electron chi connectivity index (χ1n) is 4.77. The summed E-state index contributed by atoms with van der Waals surface area (Å²) in [4.78, 5) is 10.8. The number of hydrogen-bond donors (Lipinski definition) is 0. The Hall–Kier alpha value is -1.16. The number of rotatable bonds is 6. The molecule has 5 heteroatoms. The number of hydrogen-bond acceptors (Lipinski definition) is 2. The molecule has 2 nitrogen and oxygen atoms in total. The van der Waals surface area contributed by atoms with Crippen LogP contribution in [0.2, 0.25) is 0 Å². The van der Waals surface area contributed by atoms with Gasteiger partial charge >= 0.3 is 6.61 Å². The molecule has 0 bridgehead atoms. The van der Waals surface area contributed by atoms with Gasteiger partial charge in [-0.15, -0.1) is 11.6 Å². The van der Waals surface area contributed by atoms with Crippen LogP contribution < -0.4 is 4.74 Å². The molecule has 0 aliphatic rings. The minimum atomic E-state index is -2.93. The smallest absolute Gasteiger partial charge is 0.387 e. The van der Waals surface area contributed by atoms with Crippen molar-refractivity contribution in [3.63, 3.8) is 0 Å². The Balaban J connectivity index is 2.95. The fraction of sp³-hybridized carbons (Fsp3) is 0.364. The number of carbonyl (C=O) groups excluding carboxylic acids is 1. The SMILES string of the molecule is O=Cc1c(CCCCl)cccc1OC(F)F. The molecular formula is C11H11ClF2O2. The van der Waals surface area contributed by atoms with E-state index in [1.54, 1.807) is 12.1 Å². The van der Waals surface area contributed by atoms with Crippen LogP contribution in [0.25, 0.3) is 0 Å². The molecule has 0 aromatic heterocycles. The molecule has 1 aromatic rings. The van der Waals surface area contributed by atoms with E-state index in [9.17, 15) is 13.6 Å². The van der Waals surface area contributed by atoms with Gasteiger partial charge in [-0.05, 0) is 24.5 Å². The van der Waals surface area contributed by atoms with Gasteiger partial charge in [0.15, 0.2) is 6.29 Å².